The van der Waals surface area contributed by atoms with Crippen molar-refractivity contribution in [3.63, 3.8) is 0 Å². The molecule has 30 heavy (non-hydrogen) atoms. The normalized spacial score (nSPS) is 22.9. The Morgan fingerprint density at radius 1 is 1.17 bits per heavy atom. The summed E-state index contributed by atoms with van der Waals surface area (Å²) < 4.78 is 6.20. The summed E-state index contributed by atoms with van der Waals surface area (Å²) in [5.74, 6) is 0.0500. The predicted molar refractivity (Wildman–Crippen MR) is 112 cm³/mol. The maximum atomic E-state index is 13.6. The van der Waals surface area contributed by atoms with E-state index in [0.29, 0.717) is 38.0 Å². The molecule has 2 heterocycles. The molecule has 2 saturated heterocycles. The summed E-state index contributed by atoms with van der Waals surface area (Å²) in [5.41, 5.74) is 0.624. The molecule has 3 aliphatic rings. The van der Waals surface area contributed by atoms with E-state index >= 15 is 0 Å². The van der Waals surface area contributed by atoms with Crippen molar-refractivity contribution in [2.45, 2.75) is 57.7 Å². The van der Waals surface area contributed by atoms with E-state index in [1.54, 1.807) is 11.0 Å². The zero-order valence-electron chi connectivity index (χ0n) is 17.9. The highest BCUT2D eigenvalue weighted by molar-refractivity contribution is 5.99. The van der Waals surface area contributed by atoms with Gasteiger partial charge >= 0.3 is 0 Å². The van der Waals surface area contributed by atoms with E-state index in [9.17, 15) is 14.4 Å². The highest BCUT2D eigenvalue weighted by Crippen LogP contribution is 2.40. The number of benzene rings is 1. The molecule has 1 saturated carbocycles. The first kappa shape index (κ1) is 20.8. The molecule has 1 aromatic rings. The average Bonchev–Trinajstić information content (AvgIpc) is 3.54. The van der Waals surface area contributed by atoms with Gasteiger partial charge in [-0.2, -0.15) is 0 Å². The van der Waals surface area contributed by atoms with E-state index in [2.05, 4.69) is 5.32 Å². The Kier molecular flexibility index (Phi) is 5.82. The number of hydrogen-bond acceptors (Lipinski definition) is 4. The number of likely N-dealkylation sites (tertiary alicyclic amines) is 1. The number of carbonyl (C=O) groups excluding carboxylic acids is 3. The van der Waals surface area contributed by atoms with Crippen molar-refractivity contribution in [2.75, 3.05) is 26.2 Å². The second-order valence-corrected chi connectivity index (χ2v) is 8.65. The maximum absolute atomic E-state index is 13.6. The monoisotopic (exact) mass is 413 g/mol. The number of piperidine rings is 1. The number of hydrogen-bond donors (Lipinski definition) is 1. The lowest BCUT2D eigenvalue weighted by Gasteiger charge is -2.44. The molecule has 1 unspecified atom stereocenters. The summed E-state index contributed by atoms with van der Waals surface area (Å²) in [6, 6.07) is 6.79. The van der Waals surface area contributed by atoms with Gasteiger partial charge in [0.2, 0.25) is 11.8 Å². The summed E-state index contributed by atoms with van der Waals surface area (Å²) in [6.07, 6.45) is 3.85. The minimum Gasteiger partial charge on any atom is -0.354 e. The van der Waals surface area contributed by atoms with Gasteiger partial charge in [-0.15, -0.1) is 0 Å². The number of rotatable bonds is 5. The number of ether oxygens (including phenoxy) is 1. The van der Waals surface area contributed by atoms with E-state index in [1.807, 2.05) is 36.9 Å². The first-order valence-electron chi connectivity index (χ1n) is 11.1. The van der Waals surface area contributed by atoms with E-state index in [1.165, 1.54) is 0 Å². The second-order valence-electron chi connectivity index (χ2n) is 8.65. The third-order valence-corrected chi connectivity index (χ3v) is 6.49. The van der Waals surface area contributed by atoms with Gasteiger partial charge in [-0.3, -0.25) is 19.3 Å². The Hall–Kier alpha value is -2.41. The molecule has 3 fully saturated rings. The van der Waals surface area contributed by atoms with Crippen molar-refractivity contribution in [3.05, 3.63) is 35.4 Å². The average molecular weight is 414 g/mol. The van der Waals surface area contributed by atoms with E-state index in [-0.39, 0.29) is 30.2 Å². The fourth-order valence-electron chi connectivity index (χ4n) is 4.54. The standard InChI is InChI=1S/C23H31N3O4/c1-3-12-24-20(27)19-15-30-23(10-13-25(14-11-23)21(28)17-8-9-17)26(19)22(29)18-7-5-4-6-16(18)2/h4-7,17,19H,3,8-15H2,1-2H3,(H,24,27). The lowest BCUT2D eigenvalue weighted by Crippen LogP contribution is -2.60. The number of nitrogens with zero attached hydrogens (tertiary/aromatic N) is 2. The molecule has 162 valence electrons. The lowest BCUT2D eigenvalue weighted by molar-refractivity contribution is -0.144. The zero-order valence-corrected chi connectivity index (χ0v) is 17.9. The largest absolute Gasteiger partial charge is 0.354 e. The van der Waals surface area contributed by atoms with Crippen molar-refractivity contribution >= 4 is 17.7 Å². The van der Waals surface area contributed by atoms with Crippen LogP contribution in [0.25, 0.3) is 0 Å². The van der Waals surface area contributed by atoms with E-state index in [4.69, 9.17) is 4.74 Å². The molecule has 1 atom stereocenters. The molecular formula is C23H31N3O4. The van der Waals surface area contributed by atoms with Crippen LogP contribution in [0.1, 0.15) is 54.9 Å². The van der Waals surface area contributed by atoms with Crippen molar-refractivity contribution in [2.24, 2.45) is 5.92 Å². The Bertz CT molecular complexity index is 827. The van der Waals surface area contributed by atoms with Crippen molar-refractivity contribution < 1.29 is 19.1 Å². The third kappa shape index (κ3) is 3.83. The van der Waals surface area contributed by atoms with Crippen LogP contribution in [0.5, 0.6) is 0 Å². The van der Waals surface area contributed by atoms with Gasteiger partial charge in [0.05, 0.1) is 6.61 Å². The number of nitrogens with one attached hydrogen (secondary N) is 1. The molecule has 4 rings (SSSR count). The Morgan fingerprint density at radius 2 is 1.87 bits per heavy atom. The fourth-order valence-corrected chi connectivity index (χ4v) is 4.54. The molecule has 1 aliphatic carbocycles. The molecule has 7 nitrogen and oxygen atoms in total. The first-order chi connectivity index (χ1) is 14.5. The second kappa shape index (κ2) is 8.38. The molecule has 0 radical (unpaired) electrons. The number of amides is 3. The van der Waals surface area contributed by atoms with Crippen molar-refractivity contribution in [3.8, 4) is 0 Å². The number of aryl methyl sites for hydroxylation is 1. The van der Waals surface area contributed by atoms with Crippen LogP contribution in [0.15, 0.2) is 24.3 Å². The van der Waals surface area contributed by atoms with Gasteiger partial charge in [0.25, 0.3) is 5.91 Å². The van der Waals surface area contributed by atoms with Gasteiger partial charge in [-0.1, -0.05) is 25.1 Å². The maximum Gasteiger partial charge on any atom is 0.257 e. The summed E-state index contributed by atoms with van der Waals surface area (Å²) >= 11 is 0. The van der Waals surface area contributed by atoms with Crippen molar-refractivity contribution in [1.29, 1.82) is 0 Å². The molecule has 7 heteroatoms. The molecule has 0 bridgehead atoms. The Balaban J connectivity index is 1.59. The van der Waals surface area contributed by atoms with Crippen LogP contribution in [0.4, 0.5) is 0 Å². The highest BCUT2D eigenvalue weighted by atomic mass is 16.5. The van der Waals surface area contributed by atoms with Gasteiger partial charge in [0, 0.05) is 44.0 Å². The summed E-state index contributed by atoms with van der Waals surface area (Å²) in [6.45, 7) is 5.75. The lowest BCUT2D eigenvalue weighted by atomic mass is 9.95. The van der Waals surface area contributed by atoms with Crippen molar-refractivity contribution in [1.82, 2.24) is 15.1 Å². The molecule has 3 amide bonds. The molecule has 1 N–H and O–H groups in total. The smallest absolute Gasteiger partial charge is 0.257 e. The van der Waals surface area contributed by atoms with E-state index < -0.39 is 11.8 Å². The van der Waals surface area contributed by atoms with Gasteiger partial charge in [0.15, 0.2) is 0 Å². The van der Waals surface area contributed by atoms with Gasteiger partial charge in [-0.05, 0) is 37.8 Å². The third-order valence-electron chi connectivity index (χ3n) is 6.49. The van der Waals surface area contributed by atoms with Gasteiger partial charge in [-0.25, -0.2) is 0 Å². The topological polar surface area (TPSA) is 79.0 Å². The van der Waals surface area contributed by atoms with Gasteiger partial charge in [0.1, 0.15) is 11.8 Å². The van der Waals surface area contributed by atoms with Gasteiger partial charge < -0.3 is 15.0 Å². The first-order valence-corrected chi connectivity index (χ1v) is 11.1. The number of carbonyl (C=O) groups is 3. The molecule has 0 aromatic heterocycles. The Labute approximate surface area is 177 Å². The summed E-state index contributed by atoms with van der Waals surface area (Å²) in [5, 5.41) is 2.92. The molecule has 1 aromatic carbocycles. The van der Waals surface area contributed by atoms with E-state index in [0.717, 1.165) is 24.8 Å². The zero-order chi connectivity index (χ0) is 21.3. The minimum atomic E-state index is -0.839. The fraction of sp³-hybridized carbons (Fsp3) is 0.609. The quantitative estimate of drug-likeness (QED) is 0.802. The minimum absolute atomic E-state index is 0.174. The Morgan fingerprint density at radius 3 is 2.50 bits per heavy atom. The van der Waals surface area contributed by atoms with Crippen LogP contribution >= 0.6 is 0 Å². The molecule has 1 spiro atoms. The SMILES string of the molecule is CCCNC(=O)C1COC2(CCN(C(=O)C3CC3)CC2)N1C(=O)c1ccccc1C. The van der Waals surface area contributed by atoms with Crippen LogP contribution in [-0.2, 0) is 14.3 Å². The van der Waals surface area contributed by atoms with Crippen LogP contribution < -0.4 is 5.32 Å². The van der Waals surface area contributed by atoms with Crippen LogP contribution in [-0.4, -0.2) is 65.5 Å². The molecule has 2 aliphatic heterocycles. The molecular weight excluding hydrogens is 382 g/mol. The van der Waals surface area contributed by atoms with Crippen LogP contribution in [0.3, 0.4) is 0 Å². The highest BCUT2D eigenvalue weighted by Gasteiger charge is 2.54. The predicted octanol–water partition coefficient (Wildman–Crippen LogP) is 2.09. The van der Waals surface area contributed by atoms with Crippen LogP contribution in [0.2, 0.25) is 0 Å². The summed E-state index contributed by atoms with van der Waals surface area (Å²) in [4.78, 5) is 42.6. The van der Waals surface area contributed by atoms with Crippen LogP contribution in [0, 0.1) is 12.8 Å². The summed E-state index contributed by atoms with van der Waals surface area (Å²) in [7, 11) is 0.